The zero-order valence-electron chi connectivity index (χ0n) is 14.5. The van der Waals surface area contributed by atoms with Crippen molar-refractivity contribution < 1.29 is 4.79 Å². The molecular weight excluding hydrogens is 417 g/mol. The van der Waals surface area contributed by atoms with Crippen molar-refractivity contribution in [2.24, 2.45) is 0 Å². The van der Waals surface area contributed by atoms with E-state index in [1.807, 2.05) is 12.1 Å². The number of nitrogens with zero attached hydrogens (tertiary/aromatic N) is 3. The Morgan fingerprint density at radius 2 is 1.93 bits per heavy atom. The Bertz CT molecular complexity index is 1160. The SMILES string of the molecule is CC(=O)Nc1cc(-c2nc(-c3ccc(Cl)c(Cl)c3)c(-c3ncc[nH]3)s2)ccn1. The summed E-state index contributed by atoms with van der Waals surface area (Å²) in [7, 11) is 0. The maximum Gasteiger partial charge on any atom is 0.222 e. The normalized spacial score (nSPS) is 10.8. The molecule has 0 spiro atoms. The van der Waals surface area contributed by atoms with Crippen molar-refractivity contribution in [3.63, 3.8) is 0 Å². The van der Waals surface area contributed by atoms with Crippen LogP contribution in [0.4, 0.5) is 5.82 Å². The molecule has 0 unspecified atom stereocenters. The minimum atomic E-state index is -0.184. The molecule has 1 amide bonds. The molecule has 0 saturated heterocycles. The molecule has 140 valence electrons. The second kappa shape index (κ2) is 7.71. The first-order valence-corrected chi connectivity index (χ1v) is 9.78. The third-order valence-electron chi connectivity index (χ3n) is 3.84. The number of imidazole rings is 1. The average molecular weight is 430 g/mol. The summed E-state index contributed by atoms with van der Waals surface area (Å²) in [6.07, 6.45) is 5.08. The lowest BCUT2D eigenvalue weighted by molar-refractivity contribution is -0.114. The van der Waals surface area contributed by atoms with Crippen LogP contribution in [0, 0.1) is 0 Å². The number of pyridine rings is 1. The highest BCUT2D eigenvalue weighted by Crippen LogP contribution is 2.40. The first kappa shape index (κ1) is 18.6. The first-order valence-electron chi connectivity index (χ1n) is 8.21. The minimum Gasteiger partial charge on any atom is -0.344 e. The van der Waals surface area contributed by atoms with E-state index in [2.05, 4.69) is 20.3 Å². The lowest BCUT2D eigenvalue weighted by Gasteiger charge is -2.03. The summed E-state index contributed by atoms with van der Waals surface area (Å²) in [5.41, 5.74) is 2.41. The van der Waals surface area contributed by atoms with E-state index in [1.54, 1.807) is 36.8 Å². The van der Waals surface area contributed by atoms with Gasteiger partial charge in [0.2, 0.25) is 5.91 Å². The number of carbonyl (C=O) groups is 1. The van der Waals surface area contributed by atoms with Gasteiger partial charge in [-0.25, -0.2) is 15.0 Å². The van der Waals surface area contributed by atoms with Gasteiger partial charge in [-0.3, -0.25) is 4.79 Å². The fraction of sp³-hybridized carbons (Fsp3) is 0.0526. The predicted molar refractivity (Wildman–Crippen MR) is 113 cm³/mol. The van der Waals surface area contributed by atoms with Gasteiger partial charge >= 0.3 is 0 Å². The highest BCUT2D eigenvalue weighted by molar-refractivity contribution is 7.18. The molecule has 0 aliphatic carbocycles. The van der Waals surface area contributed by atoms with E-state index < -0.39 is 0 Å². The van der Waals surface area contributed by atoms with Crippen LogP contribution < -0.4 is 5.32 Å². The summed E-state index contributed by atoms with van der Waals surface area (Å²) in [5, 5.41) is 4.39. The fourth-order valence-electron chi connectivity index (χ4n) is 2.64. The van der Waals surface area contributed by atoms with Crippen molar-refractivity contribution >= 4 is 46.3 Å². The number of aromatic nitrogens is 4. The van der Waals surface area contributed by atoms with Gasteiger partial charge < -0.3 is 10.3 Å². The molecule has 1 aromatic carbocycles. The van der Waals surface area contributed by atoms with Gasteiger partial charge in [0.25, 0.3) is 0 Å². The third kappa shape index (κ3) is 3.77. The molecule has 0 bridgehead atoms. The number of amides is 1. The van der Waals surface area contributed by atoms with E-state index >= 15 is 0 Å². The number of H-pyrrole nitrogens is 1. The molecule has 0 aliphatic rings. The van der Waals surface area contributed by atoms with Crippen molar-refractivity contribution in [1.82, 2.24) is 19.9 Å². The van der Waals surface area contributed by atoms with Crippen molar-refractivity contribution in [2.45, 2.75) is 6.92 Å². The van der Waals surface area contributed by atoms with E-state index in [0.717, 1.165) is 26.7 Å². The summed E-state index contributed by atoms with van der Waals surface area (Å²) < 4.78 is 0. The molecular formula is C19H13Cl2N5OS. The van der Waals surface area contributed by atoms with E-state index in [-0.39, 0.29) is 5.91 Å². The number of aromatic amines is 1. The molecule has 3 heterocycles. The first-order chi connectivity index (χ1) is 13.5. The van der Waals surface area contributed by atoms with Crippen LogP contribution in [0.5, 0.6) is 0 Å². The average Bonchev–Trinajstić information content (AvgIpc) is 3.33. The molecule has 0 fully saturated rings. The lowest BCUT2D eigenvalue weighted by atomic mass is 10.1. The van der Waals surface area contributed by atoms with Gasteiger partial charge in [-0.1, -0.05) is 29.3 Å². The number of hydrogen-bond acceptors (Lipinski definition) is 5. The van der Waals surface area contributed by atoms with Gasteiger partial charge in [0.15, 0.2) is 0 Å². The maximum absolute atomic E-state index is 11.3. The Kier molecular flexibility index (Phi) is 5.13. The predicted octanol–water partition coefficient (Wildman–Crippen LogP) is 5.53. The Labute approximate surface area is 174 Å². The summed E-state index contributed by atoms with van der Waals surface area (Å²) in [6.45, 7) is 1.44. The zero-order valence-corrected chi connectivity index (χ0v) is 16.9. The van der Waals surface area contributed by atoms with Crippen molar-refractivity contribution in [3.05, 3.63) is 59.0 Å². The molecule has 0 atom stereocenters. The summed E-state index contributed by atoms with van der Waals surface area (Å²) >= 11 is 13.7. The van der Waals surface area contributed by atoms with Crippen LogP contribution in [-0.4, -0.2) is 25.8 Å². The molecule has 9 heteroatoms. The second-order valence-electron chi connectivity index (χ2n) is 5.87. The molecule has 3 aromatic heterocycles. The van der Waals surface area contributed by atoms with Crippen LogP contribution in [0.15, 0.2) is 48.9 Å². The molecule has 4 rings (SSSR count). The third-order valence-corrected chi connectivity index (χ3v) is 5.69. The van der Waals surface area contributed by atoms with Crippen LogP contribution in [0.25, 0.3) is 32.5 Å². The van der Waals surface area contributed by atoms with Crippen LogP contribution in [0.3, 0.4) is 0 Å². The smallest absolute Gasteiger partial charge is 0.222 e. The topological polar surface area (TPSA) is 83.6 Å². The van der Waals surface area contributed by atoms with E-state index in [9.17, 15) is 4.79 Å². The molecule has 0 saturated carbocycles. The lowest BCUT2D eigenvalue weighted by Crippen LogP contribution is -2.07. The Morgan fingerprint density at radius 1 is 1.07 bits per heavy atom. The van der Waals surface area contributed by atoms with Crippen molar-refractivity contribution in [1.29, 1.82) is 0 Å². The van der Waals surface area contributed by atoms with Gasteiger partial charge in [0.05, 0.1) is 20.6 Å². The summed E-state index contributed by atoms with van der Waals surface area (Å²) in [5.74, 6) is 0.994. The zero-order chi connectivity index (χ0) is 19.7. The van der Waals surface area contributed by atoms with E-state index in [4.69, 9.17) is 28.2 Å². The number of benzene rings is 1. The number of carbonyl (C=O) groups excluding carboxylic acids is 1. The quantitative estimate of drug-likeness (QED) is 0.446. The highest BCUT2D eigenvalue weighted by Gasteiger charge is 2.19. The van der Waals surface area contributed by atoms with Gasteiger partial charge in [0, 0.05) is 36.6 Å². The Balaban J connectivity index is 1.84. The molecule has 2 N–H and O–H groups in total. The maximum atomic E-state index is 11.3. The molecule has 28 heavy (non-hydrogen) atoms. The minimum absolute atomic E-state index is 0.184. The van der Waals surface area contributed by atoms with Crippen molar-refractivity contribution in [3.8, 4) is 32.5 Å². The molecule has 0 aliphatic heterocycles. The number of anilines is 1. The number of halogens is 2. The largest absolute Gasteiger partial charge is 0.344 e. The second-order valence-corrected chi connectivity index (χ2v) is 7.69. The van der Waals surface area contributed by atoms with Crippen molar-refractivity contribution in [2.75, 3.05) is 5.32 Å². The van der Waals surface area contributed by atoms with E-state index in [0.29, 0.717) is 21.7 Å². The number of thiazole rings is 1. The van der Waals surface area contributed by atoms with Crippen LogP contribution in [0.1, 0.15) is 6.92 Å². The number of hydrogen-bond donors (Lipinski definition) is 2. The summed E-state index contributed by atoms with van der Waals surface area (Å²) in [6, 6.07) is 9.02. The molecule has 4 aromatic rings. The highest BCUT2D eigenvalue weighted by atomic mass is 35.5. The molecule has 6 nitrogen and oxygen atoms in total. The van der Waals surface area contributed by atoms with Crippen LogP contribution in [-0.2, 0) is 4.79 Å². The Morgan fingerprint density at radius 3 is 2.64 bits per heavy atom. The van der Waals surface area contributed by atoms with Gasteiger partial charge in [-0.05, 0) is 24.3 Å². The van der Waals surface area contributed by atoms with E-state index in [1.165, 1.54) is 18.3 Å². The number of nitrogens with one attached hydrogen (secondary N) is 2. The molecule has 0 radical (unpaired) electrons. The fourth-order valence-corrected chi connectivity index (χ4v) is 3.99. The number of rotatable bonds is 4. The standard InChI is InChI=1S/C19H13Cl2N5OS/c1-10(27)25-15-9-12(4-5-22-15)19-26-16(11-2-3-13(20)14(21)8-11)17(28-19)18-23-6-7-24-18/h2-9H,1H3,(H,23,24)(H,22,25,27). The van der Waals surface area contributed by atoms with Crippen LogP contribution in [0.2, 0.25) is 10.0 Å². The van der Waals surface area contributed by atoms with Gasteiger partial charge in [-0.15, -0.1) is 11.3 Å². The monoisotopic (exact) mass is 429 g/mol. The van der Waals surface area contributed by atoms with Crippen LogP contribution >= 0.6 is 34.5 Å². The van der Waals surface area contributed by atoms with Gasteiger partial charge in [-0.2, -0.15) is 0 Å². The Hall–Kier alpha value is -2.74. The summed E-state index contributed by atoms with van der Waals surface area (Å²) in [4.78, 5) is 28.6. The van der Waals surface area contributed by atoms with Gasteiger partial charge in [0.1, 0.15) is 16.6 Å².